The van der Waals surface area contributed by atoms with E-state index < -0.39 is 12.1 Å². The standard InChI is InChI=1S/C12H16N3O2/c1-9(2)11(8-16)15-12(17)14-7-10-5-3-4-6-13-10/h3-6,9,11H,7H2,1-2H3,(H2,14,15,17). The molecular formula is C12H16N3O2. The summed E-state index contributed by atoms with van der Waals surface area (Å²) < 4.78 is 0. The molecular weight excluding hydrogens is 218 g/mol. The molecule has 0 spiro atoms. The van der Waals surface area contributed by atoms with Crippen molar-refractivity contribution in [2.24, 2.45) is 5.92 Å². The summed E-state index contributed by atoms with van der Waals surface area (Å²) in [5.41, 5.74) is 0.763. The second kappa shape index (κ2) is 6.62. The van der Waals surface area contributed by atoms with E-state index in [4.69, 9.17) is 0 Å². The summed E-state index contributed by atoms with van der Waals surface area (Å²) in [6.45, 7) is 4.01. The molecule has 1 aromatic rings. The zero-order valence-corrected chi connectivity index (χ0v) is 9.93. The lowest BCUT2D eigenvalue weighted by Gasteiger charge is -2.15. The molecule has 0 fully saturated rings. The first-order valence-corrected chi connectivity index (χ1v) is 5.45. The minimum Gasteiger partial charge on any atom is -0.332 e. The third kappa shape index (κ3) is 4.63. The Balaban J connectivity index is 2.37. The fraction of sp³-hybridized carbons (Fsp3) is 0.417. The molecule has 0 saturated heterocycles. The Morgan fingerprint density at radius 3 is 2.76 bits per heavy atom. The number of urea groups is 1. The molecule has 2 amide bonds. The molecule has 1 heterocycles. The van der Waals surface area contributed by atoms with Crippen LogP contribution in [-0.2, 0) is 11.3 Å². The first-order chi connectivity index (χ1) is 8.13. The van der Waals surface area contributed by atoms with Gasteiger partial charge in [-0.1, -0.05) is 19.9 Å². The first-order valence-electron chi connectivity index (χ1n) is 5.45. The lowest BCUT2D eigenvalue weighted by Crippen LogP contribution is -2.45. The summed E-state index contributed by atoms with van der Waals surface area (Å²) in [6.07, 6.45) is 3.45. The van der Waals surface area contributed by atoms with Crippen LogP contribution >= 0.6 is 0 Å². The zero-order chi connectivity index (χ0) is 12.7. The molecule has 0 aromatic carbocycles. The summed E-state index contributed by atoms with van der Waals surface area (Å²) in [5, 5.41) is 5.16. The van der Waals surface area contributed by atoms with Crippen molar-refractivity contribution in [2.45, 2.75) is 26.4 Å². The number of aromatic nitrogens is 1. The predicted molar refractivity (Wildman–Crippen MR) is 63.9 cm³/mol. The monoisotopic (exact) mass is 234 g/mol. The highest BCUT2D eigenvalue weighted by Gasteiger charge is 2.15. The maximum absolute atomic E-state index is 11.5. The van der Waals surface area contributed by atoms with Gasteiger partial charge >= 0.3 is 6.03 Å². The summed E-state index contributed by atoms with van der Waals surface area (Å²) in [5.74, 6) is 0.0214. The fourth-order valence-corrected chi connectivity index (χ4v) is 1.20. The van der Waals surface area contributed by atoms with Crippen LogP contribution in [0, 0.1) is 5.92 Å². The molecule has 0 bridgehead atoms. The molecule has 5 nitrogen and oxygen atoms in total. The number of nitrogens with zero attached hydrogens (tertiary/aromatic N) is 1. The number of hydrogen-bond acceptors (Lipinski definition) is 3. The average Bonchev–Trinajstić information content (AvgIpc) is 2.34. The quantitative estimate of drug-likeness (QED) is 0.799. The number of amides is 2. The van der Waals surface area contributed by atoms with E-state index >= 15 is 0 Å². The Morgan fingerprint density at radius 2 is 2.24 bits per heavy atom. The normalized spacial score (nSPS) is 11.9. The Labute approximate surface area is 101 Å². The van der Waals surface area contributed by atoms with Crippen molar-refractivity contribution >= 4 is 12.3 Å². The van der Waals surface area contributed by atoms with Crippen LogP contribution in [0.5, 0.6) is 0 Å². The largest absolute Gasteiger partial charge is 0.332 e. The number of carbonyl (C=O) groups excluding carboxylic acids is 2. The first kappa shape index (κ1) is 13.2. The van der Waals surface area contributed by atoms with E-state index in [1.165, 1.54) is 0 Å². The maximum Gasteiger partial charge on any atom is 0.315 e. The summed E-state index contributed by atoms with van der Waals surface area (Å²) in [4.78, 5) is 26.1. The fourth-order valence-electron chi connectivity index (χ4n) is 1.20. The van der Waals surface area contributed by atoms with Crippen LogP contribution in [0.25, 0.3) is 0 Å². The van der Waals surface area contributed by atoms with Crippen LogP contribution in [0.1, 0.15) is 19.5 Å². The number of hydrogen-bond donors (Lipinski definition) is 2. The molecule has 1 atom stereocenters. The molecule has 0 aliphatic heterocycles. The summed E-state index contributed by atoms with van der Waals surface area (Å²) in [7, 11) is 0. The summed E-state index contributed by atoms with van der Waals surface area (Å²) in [6, 6.07) is 4.49. The molecule has 0 aliphatic rings. The maximum atomic E-state index is 11.5. The third-order valence-electron chi connectivity index (χ3n) is 2.24. The molecule has 1 unspecified atom stereocenters. The second-order valence-electron chi connectivity index (χ2n) is 3.99. The Kier molecular flexibility index (Phi) is 5.13. The van der Waals surface area contributed by atoms with Gasteiger partial charge < -0.3 is 10.6 Å². The molecule has 1 rings (SSSR count). The molecule has 2 N–H and O–H groups in total. The lowest BCUT2D eigenvalue weighted by molar-refractivity contribution is 0.236. The van der Waals surface area contributed by atoms with E-state index in [9.17, 15) is 9.59 Å². The van der Waals surface area contributed by atoms with Crippen LogP contribution in [-0.4, -0.2) is 23.3 Å². The van der Waals surface area contributed by atoms with Gasteiger partial charge in [0.05, 0.1) is 18.3 Å². The van der Waals surface area contributed by atoms with Gasteiger partial charge in [-0.05, 0) is 18.1 Å². The number of carbonyl (C=O) groups is 1. The summed E-state index contributed by atoms with van der Waals surface area (Å²) >= 11 is 0. The van der Waals surface area contributed by atoms with E-state index in [0.29, 0.717) is 6.54 Å². The predicted octanol–water partition coefficient (Wildman–Crippen LogP) is 1.02. The highest BCUT2D eigenvalue weighted by molar-refractivity contribution is 5.78. The number of pyridine rings is 1. The average molecular weight is 234 g/mol. The van der Waals surface area contributed by atoms with Gasteiger partial charge in [0.25, 0.3) is 0 Å². The van der Waals surface area contributed by atoms with Gasteiger partial charge in [-0.25, -0.2) is 4.79 Å². The molecule has 1 aromatic heterocycles. The molecule has 91 valence electrons. The van der Waals surface area contributed by atoms with Gasteiger partial charge in [-0.15, -0.1) is 0 Å². The molecule has 5 heteroatoms. The van der Waals surface area contributed by atoms with Gasteiger partial charge in [-0.3, -0.25) is 9.78 Å². The van der Waals surface area contributed by atoms with Crippen LogP contribution < -0.4 is 10.6 Å². The highest BCUT2D eigenvalue weighted by atomic mass is 16.2. The SMILES string of the molecule is CC(C)C([C]=O)NC(=O)NCc1ccccn1. The van der Waals surface area contributed by atoms with Gasteiger partial charge in [0.2, 0.25) is 6.29 Å². The smallest absolute Gasteiger partial charge is 0.315 e. The molecule has 0 saturated carbocycles. The van der Waals surface area contributed by atoms with E-state index in [-0.39, 0.29) is 5.92 Å². The van der Waals surface area contributed by atoms with Crippen molar-refractivity contribution < 1.29 is 9.59 Å². The zero-order valence-electron chi connectivity index (χ0n) is 9.93. The van der Waals surface area contributed by atoms with Crippen molar-refractivity contribution in [1.82, 2.24) is 15.6 Å². The Hall–Kier alpha value is -1.91. The third-order valence-corrected chi connectivity index (χ3v) is 2.24. The topological polar surface area (TPSA) is 71.1 Å². The van der Waals surface area contributed by atoms with E-state index in [1.807, 2.05) is 26.0 Å². The van der Waals surface area contributed by atoms with Crippen LogP contribution in [0.3, 0.4) is 0 Å². The minimum absolute atomic E-state index is 0.0214. The van der Waals surface area contributed by atoms with Crippen LogP contribution in [0.2, 0.25) is 0 Å². The van der Waals surface area contributed by atoms with Crippen molar-refractivity contribution in [3.63, 3.8) is 0 Å². The Morgan fingerprint density at radius 1 is 1.47 bits per heavy atom. The van der Waals surface area contributed by atoms with Gasteiger partial charge in [0.1, 0.15) is 0 Å². The highest BCUT2D eigenvalue weighted by Crippen LogP contribution is 1.98. The van der Waals surface area contributed by atoms with Crippen LogP contribution in [0.4, 0.5) is 4.79 Å². The molecule has 0 aliphatic carbocycles. The van der Waals surface area contributed by atoms with E-state index in [2.05, 4.69) is 15.6 Å². The van der Waals surface area contributed by atoms with Crippen molar-refractivity contribution in [2.75, 3.05) is 0 Å². The number of nitrogens with one attached hydrogen (secondary N) is 2. The van der Waals surface area contributed by atoms with Crippen LogP contribution in [0.15, 0.2) is 24.4 Å². The second-order valence-corrected chi connectivity index (χ2v) is 3.99. The molecule has 17 heavy (non-hydrogen) atoms. The van der Waals surface area contributed by atoms with E-state index in [1.54, 1.807) is 18.5 Å². The van der Waals surface area contributed by atoms with E-state index in [0.717, 1.165) is 5.69 Å². The lowest BCUT2D eigenvalue weighted by atomic mass is 10.1. The van der Waals surface area contributed by atoms with Crippen molar-refractivity contribution in [3.05, 3.63) is 30.1 Å². The van der Waals surface area contributed by atoms with Crippen molar-refractivity contribution in [3.8, 4) is 0 Å². The van der Waals surface area contributed by atoms with Crippen molar-refractivity contribution in [1.29, 1.82) is 0 Å². The minimum atomic E-state index is -0.585. The van der Waals surface area contributed by atoms with Gasteiger partial charge in [0, 0.05) is 6.20 Å². The van der Waals surface area contributed by atoms with Gasteiger partial charge in [-0.2, -0.15) is 0 Å². The van der Waals surface area contributed by atoms with Gasteiger partial charge in [0.15, 0.2) is 0 Å². The number of rotatable bonds is 5. The Bertz CT molecular complexity index is 365. The molecule has 1 radical (unpaired) electrons.